The van der Waals surface area contributed by atoms with Crippen molar-refractivity contribution in [3.8, 4) is 39.0 Å². The number of rotatable bonds is 13. The van der Waals surface area contributed by atoms with Crippen molar-refractivity contribution in [2.75, 3.05) is 18.5 Å². The highest BCUT2D eigenvalue weighted by Gasteiger charge is 2.20. The van der Waals surface area contributed by atoms with Crippen molar-refractivity contribution in [3.63, 3.8) is 0 Å². The molecule has 0 fully saturated rings. The SMILES string of the molecule is CCCCCOc1c(Cl)cc(C(=O)Nc2nnc(-c3cn(-c4ccccc4)nc3-c3cccc(OCCC)c3)s2)cc1Cl. The summed E-state index contributed by atoms with van der Waals surface area (Å²) < 4.78 is 13.4. The Labute approximate surface area is 264 Å². The van der Waals surface area contributed by atoms with Gasteiger partial charge >= 0.3 is 0 Å². The Balaban J connectivity index is 1.40. The quantitative estimate of drug-likeness (QED) is 0.130. The largest absolute Gasteiger partial charge is 0.494 e. The molecule has 5 rings (SSSR count). The third-order valence-corrected chi connectivity index (χ3v) is 7.88. The second-order valence-electron chi connectivity index (χ2n) is 9.74. The number of amides is 1. The van der Waals surface area contributed by atoms with E-state index in [1.807, 2.05) is 60.8 Å². The van der Waals surface area contributed by atoms with Gasteiger partial charge in [-0.05, 0) is 49.2 Å². The van der Waals surface area contributed by atoms with E-state index in [1.165, 1.54) is 23.5 Å². The van der Waals surface area contributed by atoms with E-state index in [-0.39, 0.29) is 15.6 Å². The average molecular weight is 637 g/mol. The summed E-state index contributed by atoms with van der Waals surface area (Å²) in [6.45, 7) is 5.32. The second kappa shape index (κ2) is 14.5. The lowest BCUT2D eigenvalue weighted by Gasteiger charge is -2.11. The van der Waals surface area contributed by atoms with E-state index in [2.05, 4.69) is 29.4 Å². The van der Waals surface area contributed by atoms with Crippen LogP contribution in [0.3, 0.4) is 0 Å². The number of nitrogens with zero attached hydrogens (tertiary/aromatic N) is 4. The lowest BCUT2D eigenvalue weighted by Crippen LogP contribution is -2.12. The zero-order chi connectivity index (χ0) is 30.2. The van der Waals surface area contributed by atoms with Gasteiger partial charge in [0, 0.05) is 17.3 Å². The van der Waals surface area contributed by atoms with Crippen molar-refractivity contribution >= 4 is 45.6 Å². The van der Waals surface area contributed by atoms with Crippen LogP contribution in [0, 0.1) is 0 Å². The third-order valence-electron chi connectivity index (χ3n) is 6.45. The van der Waals surface area contributed by atoms with E-state index in [1.54, 1.807) is 4.68 Å². The molecule has 0 atom stereocenters. The van der Waals surface area contributed by atoms with E-state index in [9.17, 15) is 4.79 Å². The molecule has 0 radical (unpaired) electrons. The van der Waals surface area contributed by atoms with Gasteiger partial charge in [-0.15, -0.1) is 10.2 Å². The Hall–Kier alpha value is -3.92. The number of hydrogen-bond donors (Lipinski definition) is 1. The van der Waals surface area contributed by atoms with Crippen LogP contribution in [-0.2, 0) is 0 Å². The summed E-state index contributed by atoms with van der Waals surface area (Å²) in [5.74, 6) is 0.728. The highest BCUT2D eigenvalue weighted by Crippen LogP contribution is 2.37. The molecule has 2 heterocycles. The molecule has 1 amide bonds. The van der Waals surface area contributed by atoms with Gasteiger partial charge in [-0.25, -0.2) is 4.68 Å². The van der Waals surface area contributed by atoms with Crippen molar-refractivity contribution in [1.82, 2.24) is 20.0 Å². The summed E-state index contributed by atoms with van der Waals surface area (Å²) in [5.41, 5.74) is 3.55. The fourth-order valence-electron chi connectivity index (χ4n) is 4.32. The Kier molecular flexibility index (Phi) is 10.3. The minimum absolute atomic E-state index is 0.273. The molecule has 0 saturated carbocycles. The zero-order valence-corrected chi connectivity index (χ0v) is 26.2. The van der Waals surface area contributed by atoms with Gasteiger partial charge in [-0.3, -0.25) is 10.1 Å². The Morgan fingerprint density at radius 3 is 2.44 bits per heavy atom. The maximum atomic E-state index is 13.1. The van der Waals surface area contributed by atoms with E-state index >= 15 is 0 Å². The summed E-state index contributed by atoms with van der Waals surface area (Å²) in [6.07, 6.45) is 5.85. The molecule has 0 aliphatic heterocycles. The maximum Gasteiger partial charge on any atom is 0.257 e. The smallest absolute Gasteiger partial charge is 0.257 e. The van der Waals surface area contributed by atoms with Crippen LogP contribution >= 0.6 is 34.5 Å². The van der Waals surface area contributed by atoms with Crippen LogP contribution in [0.2, 0.25) is 10.0 Å². The molecule has 0 saturated heterocycles. The van der Waals surface area contributed by atoms with Gasteiger partial charge in [0.1, 0.15) is 11.4 Å². The van der Waals surface area contributed by atoms with Crippen molar-refractivity contribution in [2.45, 2.75) is 39.5 Å². The topological polar surface area (TPSA) is 91.2 Å². The lowest BCUT2D eigenvalue weighted by atomic mass is 10.1. The summed E-state index contributed by atoms with van der Waals surface area (Å²) in [6, 6.07) is 20.7. The highest BCUT2D eigenvalue weighted by atomic mass is 35.5. The number of unbranched alkanes of at least 4 members (excludes halogenated alkanes) is 2. The predicted octanol–water partition coefficient (Wildman–Crippen LogP) is 8.97. The molecular formula is C32H31Cl2N5O3S. The van der Waals surface area contributed by atoms with E-state index in [4.69, 9.17) is 37.8 Å². The monoisotopic (exact) mass is 635 g/mol. The van der Waals surface area contributed by atoms with Crippen LogP contribution in [0.4, 0.5) is 5.13 Å². The summed E-state index contributed by atoms with van der Waals surface area (Å²) >= 11 is 14.1. The van der Waals surface area contributed by atoms with Crippen LogP contribution in [0.1, 0.15) is 49.9 Å². The van der Waals surface area contributed by atoms with Crippen LogP contribution in [0.25, 0.3) is 27.5 Å². The number of ether oxygens (including phenoxy) is 2. The maximum absolute atomic E-state index is 13.1. The molecule has 0 spiro atoms. The van der Waals surface area contributed by atoms with Crippen molar-refractivity contribution in [1.29, 1.82) is 0 Å². The first-order chi connectivity index (χ1) is 21.0. The lowest BCUT2D eigenvalue weighted by molar-refractivity contribution is 0.102. The molecule has 2 aromatic heterocycles. The van der Waals surface area contributed by atoms with Crippen molar-refractivity contribution in [2.24, 2.45) is 0 Å². The molecule has 43 heavy (non-hydrogen) atoms. The van der Waals surface area contributed by atoms with Gasteiger partial charge < -0.3 is 9.47 Å². The number of halogens is 2. The molecule has 222 valence electrons. The van der Waals surface area contributed by atoms with Crippen LogP contribution in [-0.4, -0.2) is 39.1 Å². The highest BCUT2D eigenvalue weighted by molar-refractivity contribution is 7.18. The number of anilines is 1. The van der Waals surface area contributed by atoms with Crippen LogP contribution < -0.4 is 14.8 Å². The molecule has 11 heteroatoms. The number of benzene rings is 3. The number of aromatic nitrogens is 4. The van der Waals surface area contributed by atoms with Gasteiger partial charge in [-0.2, -0.15) is 5.10 Å². The van der Waals surface area contributed by atoms with Gasteiger partial charge in [0.25, 0.3) is 5.91 Å². The number of para-hydroxylation sites is 1. The molecule has 5 aromatic rings. The molecule has 0 unspecified atom stereocenters. The predicted molar refractivity (Wildman–Crippen MR) is 173 cm³/mol. The van der Waals surface area contributed by atoms with Crippen LogP contribution in [0.15, 0.2) is 72.9 Å². The summed E-state index contributed by atoms with van der Waals surface area (Å²) in [7, 11) is 0. The first-order valence-electron chi connectivity index (χ1n) is 14.1. The number of nitrogens with one attached hydrogen (secondary N) is 1. The molecule has 1 N–H and O–H groups in total. The second-order valence-corrected chi connectivity index (χ2v) is 11.5. The summed E-state index contributed by atoms with van der Waals surface area (Å²) in [5, 5.41) is 17.8. The van der Waals surface area contributed by atoms with Gasteiger partial charge in [0.2, 0.25) is 5.13 Å². The first-order valence-corrected chi connectivity index (χ1v) is 15.7. The zero-order valence-electron chi connectivity index (χ0n) is 23.8. The fraction of sp³-hybridized carbons (Fsp3) is 0.250. The van der Waals surface area contributed by atoms with Crippen molar-refractivity contribution in [3.05, 3.63) is 88.5 Å². The van der Waals surface area contributed by atoms with E-state index < -0.39 is 5.91 Å². The standard InChI is InChI=1S/C32H31Cl2N5O3S/c1-3-5-9-16-42-29-26(33)18-22(19-27(29)34)30(40)35-32-37-36-31(43-32)25-20-39(23-12-7-6-8-13-23)38-28(25)21-11-10-14-24(17-21)41-15-4-2/h6-8,10-14,17-20H,3-5,9,15-16H2,1-2H3,(H,35,37,40). The first kappa shape index (κ1) is 30.5. The molecule has 0 aliphatic carbocycles. The Bertz CT molecular complexity index is 1670. The minimum atomic E-state index is -0.412. The van der Waals surface area contributed by atoms with E-state index in [0.717, 1.165) is 48.2 Å². The Morgan fingerprint density at radius 1 is 0.907 bits per heavy atom. The molecule has 0 aliphatic rings. The van der Waals surface area contributed by atoms with Crippen molar-refractivity contribution < 1.29 is 14.3 Å². The number of carbonyl (C=O) groups is 1. The van der Waals surface area contributed by atoms with Gasteiger partial charge in [0.05, 0.1) is 34.5 Å². The fourth-order valence-corrected chi connectivity index (χ4v) is 5.66. The molecule has 0 bridgehead atoms. The Morgan fingerprint density at radius 2 is 1.70 bits per heavy atom. The molecule has 8 nitrogen and oxygen atoms in total. The third kappa shape index (κ3) is 7.54. The molecular weight excluding hydrogens is 605 g/mol. The number of hydrogen-bond acceptors (Lipinski definition) is 7. The normalized spacial score (nSPS) is 11.0. The van der Waals surface area contributed by atoms with Crippen LogP contribution in [0.5, 0.6) is 11.5 Å². The van der Waals surface area contributed by atoms with E-state index in [0.29, 0.717) is 34.8 Å². The summed E-state index contributed by atoms with van der Waals surface area (Å²) in [4.78, 5) is 13.1. The van der Waals surface area contributed by atoms with Gasteiger partial charge in [-0.1, -0.05) is 91.6 Å². The minimum Gasteiger partial charge on any atom is -0.494 e. The number of carbonyl (C=O) groups excluding carboxylic acids is 1. The van der Waals surface area contributed by atoms with Gasteiger partial charge in [0.15, 0.2) is 10.8 Å². The average Bonchev–Trinajstić information content (AvgIpc) is 3.67. The molecule has 3 aromatic carbocycles.